The molecule has 1 aromatic carbocycles. The maximum atomic E-state index is 12.1. The zero-order chi connectivity index (χ0) is 21.5. The van der Waals surface area contributed by atoms with Gasteiger partial charge in [0.25, 0.3) is 0 Å². The summed E-state index contributed by atoms with van der Waals surface area (Å²) in [6, 6.07) is 9.31. The highest BCUT2D eigenvalue weighted by Gasteiger charge is 2.26. The highest BCUT2D eigenvalue weighted by Crippen LogP contribution is 2.11. The Balaban J connectivity index is 0.00000450. The quantitative estimate of drug-likeness (QED) is 0.314. The molecule has 0 unspecified atom stereocenters. The van der Waals surface area contributed by atoms with Crippen LogP contribution in [0.15, 0.2) is 35.3 Å². The van der Waals surface area contributed by atoms with Crippen molar-refractivity contribution in [3.8, 4) is 0 Å². The van der Waals surface area contributed by atoms with E-state index >= 15 is 0 Å². The van der Waals surface area contributed by atoms with Gasteiger partial charge in [-0.05, 0) is 26.3 Å². The Morgan fingerprint density at radius 3 is 2.27 bits per heavy atom. The molecule has 1 aliphatic heterocycles. The molecule has 170 valence electrons. The highest BCUT2D eigenvalue weighted by atomic mass is 127. The van der Waals surface area contributed by atoms with Gasteiger partial charge in [-0.1, -0.05) is 30.3 Å². The minimum Gasteiger partial charge on any atom is -0.444 e. The standard InChI is InChI=1S/C19H31N5O4S.HI/c1-19(2,3)28-18(25)24-12-10-23(11-13-24)17(20)21-9-14-29(26,27)22-15-16-7-5-4-6-8-16;/h4-8,22H,9-15H2,1-3H3,(H2,20,21);1H. The molecule has 1 fully saturated rings. The molecule has 3 N–H and O–H groups in total. The van der Waals surface area contributed by atoms with E-state index in [0.29, 0.717) is 26.2 Å². The monoisotopic (exact) mass is 553 g/mol. The van der Waals surface area contributed by atoms with Crippen LogP contribution in [0.25, 0.3) is 0 Å². The summed E-state index contributed by atoms with van der Waals surface area (Å²) in [6.45, 7) is 7.79. The van der Waals surface area contributed by atoms with Gasteiger partial charge < -0.3 is 20.3 Å². The Bertz CT molecular complexity index is 804. The van der Waals surface area contributed by atoms with E-state index in [1.807, 2.05) is 56.0 Å². The van der Waals surface area contributed by atoms with Crippen LogP contribution in [0, 0.1) is 0 Å². The molecule has 1 saturated heterocycles. The van der Waals surface area contributed by atoms with E-state index in [1.165, 1.54) is 0 Å². The van der Waals surface area contributed by atoms with E-state index in [2.05, 4.69) is 9.71 Å². The first-order valence-electron chi connectivity index (χ1n) is 9.60. The number of hydrogen-bond acceptors (Lipinski definition) is 5. The Labute approximate surface area is 196 Å². The smallest absolute Gasteiger partial charge is 0.410 e. The van der Waals surface area contributed by atoms with Crippen LogP contribution in [-0.2, 0) is 21.3 Å². The Kier molecular flexibility index (Phi) is 10.3. The van der Waals surface area contributed by atoms with Gasteiger partial charge >= 0.3 is 6.09 Å². The van der Waals surface area contributed by atoms with Crippen LogP contribution in [-0.4, -0.2) is 74.3 Å². The number of carbonyl (C=O) groups is 1. The topological polar surface area (TPSA) is 117 Å². The first kappa shape index (κ1) is 26.4. The number of aliphatic imine (C=N–C) groups is 1. The lowest BCUT2D eigenvalue weighted by Gasteiger charge is -2.36. The van der Waals surface area contributed by atoms with Crippen molar-refractivity contribution >= 4 is 46.1 Å². The van der Waals surface area contributed by atoms with Crippen molar-refractivity contribution in [2.24, 2.45) is 10.7 Å². The third-order valence-corrected chi connectivity index (χ3v) is 5.53. The van der Waals surface area contributed by atoms with Crippen molar-refractivity contribution in [1.29, 1.82) is 0 Å². The summed E-state index contributed by atoms with van der Waals surface area (Å²) in [7, 11) is -3.44. The van der Waals surface area contributed by atoms with Gasteiger partial charge in [0.15, 0.2) is 5.96 Å². The van der Waals surface area contributed by atoms with Gasteiger partial charge in [0.2, 0.25) is 10.0 Å². The van der Waals surface area contributed by atoms with E-state index < -0.39 is 15.6 Å². The number of nitrogens with two attached hydrogens (primary N) is 1. The molecule has 2 rings (SSSR count). The summed E-state index contributed by atoms with van der Waals surface area (Å²) in [4.78, 5) is 19.7. The number of carbonyl (C=O) groups excluding carboxylic acids is 1. The molecule has 9 nitrogen and oxygen atoms in total. The molecule has 0 radical (unpaired) electrons. The van der Waals surface area contributed by atoms with E-state index in [-0.39, 0.29) is 54.9 Å². The van der Waals surface area contributed by atoms with E-state index in [0.717, 1.165) is 5.56 Å². The van der Waals surface area contributed by atoms with Crippen molar-refractivity contribution < 1.29 is 17.9 Å². The second kappa shape index (κ2) is 11.7. The minimum atomic E-state index is -3.44. The van der Waals surface area contributed by atoms with Gasteiger partial charge in [-0.3, -0.25) is 4.99 Å². The van der Waals surface area contributed by atoms with Crippen LogP contribution in [0.2, 0.25) is 0 Å². The molecule has 1 heterocycles. The lowest BCUT2D eigenvalue weighted by Crippen LogP contribution is -2.53. The number of sulfonamides is 1. The number of amides is 1. The fourth-order valence-electron chi connectivity index (χ4n) is 2.69. The van der Waals surface area contributed by atoms with Gasteiger partial charge in [0, 0.05) is 32.7 Å². The normalized spacial score (nSPS) is 15.5. The SMILES string of the molecule is CC(C)(C)OC(=O)N1CCN(C(N)=NCCS(=O)(=O)NCc2ccccc2)CC1.I. The number of guanidine groups is 1. The maximum absolute atomic E-state index is 12.1. The van der Waals surface area contributed by atoms with Crippen molar-refractivity contribution in [1.82, 2.24) is 14.5 Å². The fraction of sp³-hybridized carbons (Fsp3) is 0.579. The van der Waals surface area contributed by atoms with Crippen molar-refractivity contribution in [2.75, 3.05) is 38.5 Å². The summed E-state index contributed by atoms with van der Waals surface area (Å²) in [5, 5.41) is 0. The minimum absolute atomic E-state index is 0. The average molecular weight is 553 g/mol. The molecule has 0 spiro atoms. The van der Waals surface area contributed by atoms with Crippen LogP contribution >= 0.6 is 24.0 Å². The molecule has 0 bridgehead atoms. The summed E-state index contributed by atoms with van der Waals surface area (Å²) in [5.74, 6) is 0.144. The maximum Gasteiger partial charge on any atom is 0.410 e. The van der Waals surface area contributed by atoms with Crippen molar-refractivity contribution in [3.05, 3.63) is 35.9 Å². The number of rotatable bonds is 6. The molecular formula is C19H32IN5O4S. The summed E-state index contributed by atoms with van der Waals surface area (Å²) in [5.41, 5.74) is 6.35. The Morgan fingerprint density at radius 1 is 1.13 bits per heavy atom. The first-order valence-corrected chi connectivity index (χ1v) is 11.2. The molecule has 1 amide bonds. The zero-order valence-electron chi connectivity index (χ0n) is 17.7. The van der Waals surface area contributed by atoms with Crippen molar-refractivity contribution in [2.45, 2.75) is 32.9 Å². The second-order valence-corrected chi connectivity index (χ2v) is 9.75. The zero-order valence-corrected chi connectivity index (χ0v) is 20.9. The molecule has 30 heavy (non-hydrogen) atoms. The van der Waals surface area contributed by atoms with E-state index in [4.69, 9.17) is 10.5 Å². The van der Waals surface area contributed by atoms with Gasteiger partial charge in [0.05, 0.1) is 12.3 Å². The average Bonchev–Trinajstić information content (AvgIpc) is 2.66. The van der Waals surface area contributed by atoms with Crippen LogP contribution < -0.4 is 10.5 Å². The molecule has 1 aromatic rings. The Hall–Kier alpha value is -1.60. The number of nitrogens with one attached hydrogen (secondary N) is 1. The lowest BCUT2D eigenvalue weighted by molar-refractivity contribution is 0.0186. The largest absolute Gasteiger partial charge is 0.444 e. The number of nitrogens with zero attached hydrogens (tertiary/aromatic N) is 3. The first-order chi connectivity index (χ1) is 13.6. The summed E-state index contributed by atoms with van der Waals surface area (Å²) >= 11 is 0. The summed E-state index contributed by atoms with van der Waals surface area (Å²) in [6.07, 6.45) is -0.344. The molecule has 11 heteroatoms. The van der Waals surface area contributed by atoms with Crippen LogP contribution in [0.4, 0.5) is 4.79 Å². The third kappa shape index (κ3) is 9.47. The van der Waals surface area contributed by atoms with Gasteiger partial charge in [-0.25, -0.2) is 17.9 Å². The fourth-order valence-corrected chi connectivity index (χ4v) is 3.55. The van der Waals surface area contributed by atoms with Crippen LogP contribution in [0.3, 0.4) is 0 Å². The molecule has 1 aliphatic rings. The van der Waals surface area contributed by atoms with Gasteiger partial charge in [-0.2, -0.15) is 0 Å². The predicted molar refractivity (Wildman–Crippen MR) is 128 cm³/mol. The number of halogens is 1. The lowest BCUT2D eigenvalue weighted by atomic mass is 10.2. The highest BCUT2D eigenvalue weighted by molar-refractivity contribution is 14.0. The van der Waals surface area contributed by atoms with Gasteiger partial charge in [0.1, 0.15) is 5.60 Å². The Morgan fingerprint density at radius 2 is 1.70 bits per heavy atom. The van der Waals surface area contributed by atoms with E-state index in [1.54, 1.807) is 4.90 Å². The number of hydrogen-bond donors (Lipinski definition) is 2. The number of piperazine rings is 1. The second-order valence-electron chi connectivity index (χ2n) is 7.82. The number of ether oxygens (including phenoxy) is 1. The molecular weight excluding hydrogens is 521 g/mol. The molecule has 0 saturated carbocycles. The van der Waals surface area contributed by atoms with E-state index in [9.17, 15) is 13.2 Å². The van der Waals surface area contributed by atoms with Crippen molar-refractivity contribution in [3.63, 3.8) is 0 Å². The predicted octanol–water partition coefficient (Wildman–Crippen LogP) is 1.59. The summed E-state index contributed by atoms with van der Waals surface area (Å²) < 4.78 is 32.1. The van der Waals surface area contributed by atoms with Gasteiger partial charge in [-0.15, -0.1) is 24.0 Å². The number of benzene rings is 1. The van der Waals surface area contributed by atoms with Crippen LogP contribution in [0.5, 0.6) is 0 Å². The van der Waals surface area contributed by atoms with Crippen LogP contribution in [0.1, 0.15) is 26.3 Å². The molecule has 0 aromatic heterocycles. The third-order valence-electron chi connectivity index (χ3n) is 4.23. The molecule has 0 aliphatic carbocycles. The molecule has 0 atom stereocenters.